The van der Waals surface area contributed by atoms with Gasteiger partial charge in [0.1, 0.15) is 0 Å². The Labute approximate surface area is 120 Å². The van der Waals surface area contributed by atoms with Crippen LogP contribution >= 0.6 is 0 Å². The van der Waals surface area contributed by atoms with Crippen molar-refractivity contribution in [2.75, 3.05) is 26.2 Å². The first-order valence-electron chi connectivity index (χ1n) is 8.48. The lowest BCUT2D eigenvalue weighted by molar-refractivity contribution is 0.102. The molecule has 1 N–H and O–H groups in total. The Hall–Kier alpha value is -0.0800. The molecule has 1 aliphatic heterocycles. The van der Waals surface area contributed by atoms with E-state index in [1.807, 2.05) is 0 Å². The molecule has 112 valence electrons. The molecule has 2 rings (SSSR count). The normalized spacial score (nSPS) is 25.7. The number of nitrogens with zero attached hydrogens (tertiary/aromatic N) is 1. The average molecular weight is 266 g/mol. The second-order valence-electron chi connectivity index (χ2n) is 7.68. The second kappa shape index (κ2) is 6.58. The highest BCUT2D eigenvalue weighted by atomic mass is 15.1. The smallest absolute Gasteiger partial charge is 0.00684 e. The number of rotatable bonds is 7. The van der Waals surface area contributed by atoms with Crippen molar-refractivity contribution in [2.45, 2.75) is 65.8 Å². The van der Waals surface area contributed by atoms with Crippen LogP contribution in [0.3, 0.4) is 0 Å². The zero-order chi connectivity index (χ0) is 13.9. The summed E-state index contributed by atoms with van der Waals surface area (Å²) in [5.41, 5.74) is 0.466. The Balaban J connectivity index is 1.74. The van der Waals surface area contributed by atoms with Gasteiger partial charge in [0.25, 0.3) is 0 Å². The number of hydrogen-bond donors (Lipinski definition) is 1. The summed E-state index contributed by atoms with van der Waals surface area (Å²) in [4.78, 5) is 2.72. The molecule has 1 heterocycles. The monoisotopic (exact) mass is 266 g/mol. The van der Waals surface area contributed by atoms with Crippen LogP contribution in [0.15, 0.2) is 0 Å². The third-order valence-corrected chi connectivity index (χ3v) is 5.43. The minimum atomic E-state index is 0.466. The fraction of sp³-hybridized carbons (Fsp3) is 1.00. The summed E-state index contributed by atoms with van der Waals surface area (Å²) in [5, 5.41) is 3.74. The van der Waals surface area contributed by atoms with E-state index in [-0.39, 0.29) is 0 Å². The molecule has 2 heteroatoms. The van der Waals surface area contributed by atoms with Crippen molar-refractivity contribution in [3.05, 3.63) is 0 Å². The molecular weight excluding hydrogens is 232 g/mol. The number of piperidine rings is 1. The Morgan fingerprint density at radius 3 is 2.26 bits per heavy atom. The highest BCUT2D eigenvalue weighted by molar-refractivity contribution is 4.87. The van der Waals surface area contributed by atoms with Gasteiger partial charge in [-0.05, 0) is 62.4 Å². The topological polar surface area (TPSA) is 15.3 Å². The summed E-state index contributed by atoms with van der Waals surface area (Å²) in [6.45, 7) is 14.7. The van der Waals surface area contributed by atoms with Crippen molar-refractivity contribution < 1.29 is 0 Å². The Morgan fingerprint density at radius 2 is 1.79 bits per heavy atom. The van der Waals surface area contributed by atoms with Gasteiger partial charge < -0.3 is 10.2 Å². The van der Waals surface area contributed by atoms with Gasteiger partial charge in [-0.25, -0.2) is 0 Å². The minimum Gasteiger partial charge on any atom is -0.313 e. The lowest BCUT2D eigenvalue weighted by Crippen LogP contribution is -2.45. The quantitative estimate of drug-likeness (QED) is 0.758. The van der Waals surface area contributed by atoms with Gasteiger partial charge in [0.15, 0.2) is 0 Å². The van der Waals surface area contributed by atoms with Gasteiger partial charge in [-0.1, -0.05) is 27.7 Å². The van der Waals surface area contributed by atoms with E-state index in [4.69, 9.17) is 0 Å². The van der Waals surface area contributed by atoms with Crippen molar-refractivity contribution in [2.24, 2.45) is 17.3 Å². The van der Waals surface area contributed by atoms with Crippen LogP contribution in [0.5, 0.6) is 0 Å². The van der Waals surface area contributed by atoms with Gasteiger partial charge in [-0.15, -0.1) is 0 Å². The van der Waals surface area contributed by atoms with Crippen molar-refractivity contribution in [1.29, 1.82) is 0 Å². The van der Waals surface area contributed by atoms with Gasteiger partial charge in [-0.2, -0.15) is 0 Å². The number of likely N-dealkylation sites (tertiary alicyclic amines) is 1. The maximum Gasteiger partial charge on any atom is 0.00684 e. The summed E-state index contributed by atoms with van der Waals surface area (Å²) in [5.74, 6) is 1.84. The SMILES string of the molecule is CCC(C)(CNC1CC1)CN1CCC(C(C)C)CC1. The first-order chi connectivity index (χ1) is 9.02. The summed E-state index contributed by atoms with van der Waals surface area (Å²) in [7, 11) is 0. The fourth-order valence-electron chi connectivity index (χ4n) is 3.29. The predicted octanol–water partition coefficient (Wildman–Crippen LogP) is 3.52. The van der Waals surface area contributed by atoms with Crippen LogP contribution in [0.4, 0.5) is 0 Å². The molecule has 0 radical (unpaired) electrons. The molecule has 1 atom stereocenters. The molecule has 0 bridgehead atoms. The van der Waals surface area contributed by atoms with Crippen LogP contribution in [0.1, 0.15) is 59.8 Å². The van der Waals surface area contributed by atoms with Crippen molar-refractivity contribution in [3.8, 4) is 0 Å². The molecular formula is C17H34N2. The molecule has 19 heavy (non-hydrogen) atoms. The summed E-state index contributed by atoms with van der Waals surface area (Å²) < 4.78 is 0. The van der Waals surface area contributed by atoms with Gasteiger partial charge in [-0.3, -0.25) is 0 Å². The third kappa shape index (κ3) is 4.75. The molecule has 0 spiro atoms. The van der Waals surface area contributed by atoms with Crippen LogP contribution in [-0.4, -0.2) is 37.1 Å². The molecule has 0 aromatic heterocycles. The minimum absolute atomic E-state index is 0.466. The number of nitrogens with one attached hydrogen (secondary N) is 1. The largest absolute Gasteiger partial charge is 0.313 e. The third-order valence-electron chi connectivity index (χ3n) is 5.43. The van der Waals surface area contributed by atoms with E-state index >= 15 is 0 Å². The first kappa shape index (κ1) is 15.3. The van der Waals surface area contributed by atoms with E-state index < -0.39 is 0 Å². The molecule has 0 aromatic carbocycles. The molecule has 2 fully saturated rings. The molecule has 2 aliphatic rings. The lowest BCUT2D eigenvalue weighted by atomic mass is 9.83. The Kier molecular flexibility index (Phi) is 5.30. The van der Waals surface area contributed by atoms with Gasteiger partial charge in [0, 0.05) is 19.1 Å². The Bertz CT molecular complexity index is 264. The van der Waals surface area contributed by atoms with E-state index in [2.05, 4.69) is 37.9 Å². The highest BCUT2D eigenvalue weighted by Gasteiger charge is 2.30. The zero-order valence-corrected chi connectivity index (χ0v) is 13.5. The van der Waals surface area contributed by atoms with Crippen LogP contribution < -0.4 is 5.32 Å². The molecule has 1 unspecified atom stereocenters. The maximum absolute atomic E-state index is 3.74. The standard InChI is InChI=1S/C17H34N2/c1-5-17(4,12-18-16-6-7-16)13-19-10-8-15(9-11-19)14(2)3/h14-16,18H,5-13H2,1-4H3. The van der Waals surface area contributed by atoms with Crippen LogP contribution in [0.2, 0.25) is 0 Å². The summed E-state index contributed by atoms with van der Waals surface area (Å²) in [6, 6.07) is 0.845. The van der Waals surface area contributed by atoms with Gasteiger partial charge in [0.05, 0.1) is 0 Å². The molecule has 0 amide bonds. The van der Waals surface area contributed by atoms with Crippen LogP contribution in [-0.2, 0) is 0 Å². The summed E-state index contributed by atoms with van der Waals surface area (Å²) in [6.07, 6.45) is 6.91. The molecule has 2 nitrogen and oxygen atoms in total. The van der Waals surface area contributed by atoms with Gasteiger partial charge >= 0.3 is 0 Å². The van der Waals surface area contributed by atoms with E-state index in [1.165, 1.54) is 58.3 Å². The highest BCUT2D eigenvalue weighted by Crippen LogP contribution is 2.29. The summed E-state index contributed by atoms with van der Waals surface area (Å²) >= 11 is 0. The molecule has 0 aromatic rings. The Morgan fingerprint density at radius 1 is 1.16 bits per heavy atom. The maximum atomic E-state index is 3.74. The van der Waals surface area contributed by atoms with Crippen molar-refractivity contribution >= 4 is 0 Å². The first-order valence-corrected chi connectivity index (χ1v) is 8.48. The van der Waals surface area contributed by atoms with Crippen molar-refractivity contribution in [1.82, 2.24) is 10.2 Å². The zero-order valence-electron chi connectivity index (χ0n) is 13.5. The van der Waals surface area contributed by atoms with Crippen molar-refractivity contribution in [3.63, 3.8) is 0 Å². The van der Waals surface area contributed by atoms with E-state index in [0.29, 0.717) is 5.41 Å². The fourth-order valence-corrected chi connectivity index (χ4v) is 3.29. The lowest BCUT2D eigenvalue weighted by Gasteiger charge is -2.40. The molecule has 1 saturated heterocycles. The second-order valence-corrected chi connectivity index (χ2v) is 7.68. The van der Waals surface area contributed by atoms with Gasteiger partial charge in [0.2, 0.25) is 0 Å². The van der Waals surface area contributed by atoms with E-state index in [1.54, 1.807) is 0 Å². The average Bonchev–Trinajstić information content (AvgIpc) is 3.21. The van der Waals surface area contributed by atoms with E-state index in [0.717, 1.165) is 17.9 Å². The molecule has 1 saturated carbocycles. The van der Waals surface area contributed by atoms with Crippen LogP contribution in [0.25, 0.3) is 0 Å². The number of hydrogen-bond acceptors (Lipinski definition) is 2. The predicted molar refractivity (Wildman–Crippen MR) is 83.4 cm³/mol. The van der Waals surface area contributed by atoms with Crippen LogP contribution in [0, 0.1) is 17.3 Å². The molecule has 1 aliphatic carbocycles. The van der Waals surface area contributed by atoms with E-state index in [9.17, 15) is 0 Å².